The fourth-order valence-electron chi connectivity index (χ4n) is 3.05. The number of aromatic nitrogens is 2. The van der Waals surface area contributed by atoms with Crippen molar-refractivity contribution in [3.8, 4) is 11.4 Å². The average molecular weight is 299 g/mol. The van der Waals surface area contributed by atoms with Crippen molar-refractivity contribution >= 4 is 5.97 Å². The van der Waals surface area contributed by atoms with E-state index in [4.69, 9.17) is 4.98 Å². The zero-order chi connectivity index (χ0) is 15.9. The van der Waals surface area contributed by atoms with E-state index in [2.05, 4.69) is 10.3 Å². The number of rotatable bonds is 2. The lowest BCUT2D eigenvalue weighted by Gasteiger charge is -2.13. The zero-order valence-electron chi connectivity index (χ0n) is 13.2. The fraction of sp³-hybridized carbons (Fsp3) is 0.412. The number of hydrogen-bond acceptors (Lipinski definition) is 3. The number of carboxylic acid groups (broad SMARTS) is 1. The molecule has 5 nitrogen and oxygen atoms in total. The van der Waals surface area contributed by atoms with Crippen LogP contribution in [-0.2, 0) is 12.8 Å². The number of fused-ring (bicyclic) bond motifs is 1. The fourth-order valence-corrected chi connectivity index (χ4v) is 3.05. The second-order valence-electron chi connectivity index (χ2n) is 5.91. The van der Waals surface area contributed by atoms with Gasteiger partial charge in [-0.3, -0.25) is 0 Å². The van der Waals surface area contributed by atoms with E-state index in [-0.39, 0.29) is 0 Å². The van der Waals surface area contributed by atoms with Gasteiger partial charge in [-0.1, -0.05) is 0 Å². The van der Waals surface area contributed by atoms with E-state index in [0.717, 1.165) is 65.4 Å². The van der Waals surface area contributed by atoms with Gasteiger partial charge >= 0.3 is 5.97 Å². The Morgan fingerprint density at radius 1 is 1.14 bits per heavy atom. The Balaban J connectivity index is 2.14. The van der Waals surface area contributed by atoms with E-state index in [1.165, 1.54) is 0 Å². The molecule has 0 saturated heterocycles. The van der Waals surface area contributed by atoms with Crippen LogP contribution >= 0.6 is 0 Å². The van der Waals surface area contributed by atoms with E-state index in [9.17, 15) is 9.90 Å². The first-order valence-electron chi connectivity index (χ1n) is 7.62. The average Bonchev–Trinajstić information content (AvgIpc) is 2.75. The number of aromatic carboxylic acids is 1. The summed E-state index contributed by atoms with van der Waals surface area (Å²) in [4.78, 5) is 19.6. The lowest BCUT2D eigenvalue weighted by molar-refractivity contribution is 0.0696. The van der Waals surface area contributed by atoms with Gasteiger partial charge in [-0.25, -0.2) is 9.78 Å². The number of hydrogen-bond donors (Lipinski definition) is 3. The summed E-state index contributed by atoms with van der Waals surface area (Å²) in [7, 11) is 0. The smallest absolute Gasteiger partial charge is 0.335 e. The van der Waals surface area contributed by atoms with Gasteiger partial charge in [0.15, 0.2) is 0 Å². The number of aromatic amines is 1. The Morgan fingerprint density at radius 3 is 2.59 bits per heavy atom. The molecule has 0 aliphatic carbocycles. The van der Waals surface area contributed by atoms with Gasteiger partial charge in [0.05, 0.1) is 11.3 Å². The molecule has 0 amide bonds. The van der Waals surface area contributed by atoms with Crippen LogP contribution in [0, 0.1) is 20.8 Å². The van der Waals surface area contributed by atoms with Crippen molar-refractivity contribution < 1.29 is 9.90 Å². The number of imidazole rings is 1. The summed E-state index contributed by atoms with van der Waals surface area (Å²) in [5.41, 5.74) is 6.43. The van der Waals surface area contributed by atoms with Crippen molar-refractivity contribution in [2.24, 2.45) is 0 Å². The maximum atomic E-state index is 11.5. The molecule has 1 aliphatic heterocycles. The minimum absolute atomic E-state index is 0.353. The Bertz CT molecular complexity index is 723. The summed E-state index contributed by atoms with van der Waals surface area (Å²) in [5.74, 6) is -0.103. The van der Waals surface area contributed by atoms with Gasteiger partial charge in [0.2, 0.25) is 0 Å². The van der Waals surface area contributed by atoms with Gasteiger partial charge in [0.1, 0.15) is 5.82 Å². The number of nitrogens with zero attached hydrogens (tertiary/aromatic N) is 1. The van der Waals surface area contributed by atoms with Crippen LogP contribution in [0.25, 0.3) is 11.4 Å². The molecule has 0 fully saturated rings. The van der Waals surface area contributed by atoms with Gasteiger partial charge in [-0.15, -0.1) is 0 Å². The first-order valence-corrected chi connectivity index (χ1v) is 7.62. The number of carboxylic acids is 1. The molecule has 0 radical (unpaired) electrons. The van der Waals surface area contributed by atoms with Crippen molar-refractivity contribution in [2.45, 2.75) is 33.6 Å². The van der Waals surface area contributed by atoms with Crippen LogP contribution < -0.4 is 5.32 Å². The summed E-state index contributed by atoms with van der Waals surface area (Å²) < 4.78 is 0. The Morgan fingerprint density at radius 2 is 1.86 bits per heavy atom. The van der Waals surface area contributed by atoms with Gasteiger partial charge in [0.25, 0.3) is 0 Å². The Hall–Kier alpha value is -2.14. The highest BCUT2D eigenvalue weighted by atomic mass is 16.4. The number of H-pyrrole nitrogens is 1. The number of carbonyl (C=O) groups is 1. The Kier molecular flexibility index (Phi) is 3.74. The topological polar surface area (TPSA) is 78.0 Å². The standard InChI is InChI=1S/C17H21N3O2/c1-9-10(2)12(8-13(11(9)3)17(21)22)16-19-14-4-6-18-7-5-15(14)20-16/h8,18H,4-7H2,1-3H3,(H,19,20)(H,21,22). The van der Waals surface area contributed by atoms with Gasteiger partial charge in [0, 0.05) is 37.2 Å². The van der Waals surface area contributed by atoms with E-state index < -0.39 is 5.97 Å². The highest BCUT2D eigenvalue weighted by molar-refractivity contribution is 5.92. The number of nitrogens with one attached hydrogen (secondary N) is 2. The molecule has 22 heavy (non-hydrogen) atoms. The maximum Gasteiger partial charge on any atom is 0.335 e. The van der Waals surface area contributed by atoms with Crippen LogP contribution in [0.15, 0.2) is 6.07 Å². The van der Waals surface area contributed by atoms with Crippen LogP contribution in [0.4, 0.5) is 0 Å². The van der Waals surface area contributed by atoms with Crippen molar-refractivity contribution in [3.63, 3.8) is 0 Å². The third kappa shape index (κ3) is 2.41. The lowest BCUT2D eigenvalue weighted by Crippen LogP contribution is -2.16. The summed E-state index contributed by atoms with van der Waals surface area (Å²) in [6, 6.07) is 1.75. The molecule has 0 unspecified atom stereocenters. The summed E-state index contributed by atoms with van der Waals surface area (Å²) >= 11 is 0. The molecule has 0 atom stereocenters. The predicted octanol–water partition coefficient (Wildman–Crippen LogP) is 2.39. The van der Waals surface area contributed by atoms with Crippen LogP contribution in [-0.4, -0.2) is 34.1 Å². The summed E-state index contributed by atoms with van der Waals surface area (Å²) in [6.45, 7) is 7.74. The van der Waals surface area contributed by atoms with Crippen LogP contribution in [0.1, 0.15) is 38.4 Å². The highest BCUT2D eigenvalue weighted by Crippen LogP contribution is 2.29. The number of benzene rings is 1. The minimum atomic E-state index is -0.890. The molecule has 1 aromatic heterocycles. The van der Waals surface area contributed by atoms with Crippen molar-refractivity contribution in [3.05, 3.63) is 39.7 Å². The van der Waals surface area contributed by atoms with Crippen molar-refractivity contribution in [1.82, 2.24) is 15.3 Å². The quantitative estimate of drug-likeness (QED) is 0.795. The molecule has 0 saturated carbocycles. The first-order chi connectivity index (χ1) is 10.5. The van der Waals surface area contributed by atoms with Crippen molar-refractivity contribution in [1.29, 1.82) is 0 Å². The third-order valence-electron chi connectivity index (χ3n) is 4.66. The molecule has 2 heterocycles. The second kappa shape index (κ2) is 5.57. The molecule has 1 aliphatic rings. The van der Waals surface area contributed by atoms with E-state index >= 15 is 0 Å². The summed E-state index contributed by atoms with van der Waals surface area (Å²) in [5, 5.41) is 12.8. The second-order valence-corrected chi connectivity index (χ2v) is 5.91. The minimum Gasteiger partial charge on any atom is -0.478 e. The first kappa shape index (κ1) is 14.8. The molecule has 0 spiro atoms. The monoisotopic (exact) mass is 299 g/mol. The van der Waals surface area contributed by atoms with Gasteiger partial charge in [-0.2, -0.15) is 0 Å². The normalized spacial score (nSPS) is 14.5. The predicted molar refractivity (Wildman–Crippen MR) is 85.5 cm³/mol. The Labute approximate surface area is 129 Å². The zero-order valence-corrected chi connectivity index (χ0v) is 13.2. The van der Waals surface area contributed by atoms with E-state index in [0.29, 0.717) is 5.56 Å². The van der Waals surface area contributed by atoms with Crippen LogP contribution in [0.2, 0.25) is 0 Å². The van der Waals surface area contributed by atoms with E-state index in [1.54, 1.807) is 6.07 Å². The molecule has 0 bridgehead atoms. The highest BCUT2D eigenvalue weighted by Gasteiger charge is 2.19. The van der Waals surface area contributed by atoms with E-state index in [1.807, 2.05) is 20.8 Å². The summed E-state index contributed by atoms with van der Waals surface area (Å²) in [6.07, 6.45) is 1.83. The van der Waals surface area contributed by atoms with Crippen LogP contribution in [0.3, 0.4) is 0 Å². The molecular formula is C17H21N3O2. The maximum absolute atomic E-state index is 11.5. The lowest BCUT2D eigenvalue weighted by atomic mass is 9.93. The third-order valence-corrected chi connectivity index (χ3v) is 4.66. The molecule has 3 N–H and O–H groups in total. The molecule has 3 rings (SSSR count). The molecule has 5 heteroatoms. The van der Waals surface area contributed by atoms with Crippen LogP contribution in [0.5, 0.6) is 0 Å². The molecule has 2 aromatic rings. The molecular weight excluding hydrogens is 278 g/mol. The van der Waals surface area contributed by atoms with Crippen molar-refractivity contribution in [2.75, 3.05) is 13.1 Å². The van der Waals surface area contributed by atoms with Gasteiger partial charge < -0.3 is 15.4 Å². The molecule has 116 valence electrons. The SMILES string of the molecule is Cc1c(C(=O)O)cc(-c2nc3c([nH]2)CCNCC3)c(C)c1C. The molecule has 1 aromatic carbocycles. The largest absolute Gasteiger partial charge is 0.478 e. The van der Waals surface area contributed by atoms with Gasteiger partial charge in [-0.05, 0) is 43.5 Å².